The van der Waals surface area contributed by atoms with E-state index in [0.717, 1.165) is 0 Å². The molecule has 1 aromatic heterocycles. The molecule has 108 valence electrons. The van der Waals surface area contributed by atoms with Crippen LogP contribution in [0.4, 0.5) is 0 Å². The van der Waals surface area contributed by atoms with E-state index in [1.165, 1.54) is 11.1 Å². The van der Waals surface area contributed by atoms with Crippen LogP contribution in [-0.4, -0.2) is 47.3 Å². The smallest absolute Gasteiger partial charge is 0.272 e. The second-order valence-corrected chi connectivity index (χ2v) is 4.94. The maximum atomic E-state index is 12.1. The first-order valence-electron chi connectivity index (χ1n) is 6.09. The Balaban J connectivity index is 2.74. The molecule has 1 heterocycles. The third kappa shape index (κ3) is 3.99. The zero-order valence-corrected chi connectivity index (χ0v) is 12.5. The molecule has 6 nitrogen and oxygen atoms in total. The zero-order chi connectivity index (χ0) is 15.3. The molecule has 0 aliphatic rings. The molecular formula is C13H18N4O2S. The summed E-state index contributed by atoms with van der Waals surface area (Å²) in [5.41, 5.74) is 6.36. The quantitative estimate of drug-likeness (QED) is 0.756. The van der Waals surface area contributed by atoms with E-state index in [-0.39, 0.29) is 28.4 Å². The molecular weight excluding hydrogens is 276 g/mol. The van der Waals surface area contributed by atoms with Crippen LogP contribution in [0.15, 0.2) is 18.3 Å². The standard InChI is InChI=1S/C13H18N4O2S/c1-8(12(18)15-2)7-17(3)13(19)10-5-4-9(6-16-10)11(14)20/h4-6,8H,7H2,1-3H3,(H2,14,20)(H,15,18). The topological polar surface area (TPSA) is 88.3 Å². The highest BCUT2D eigenvalue weighted by Crippen LogP contribution is 2.06. The van der Waals surface area contributed by atoms with Crippen molar-refractivity contribution in [2.45, 2.75) is 6.92 Å². The Hall–Kier alpha value is -2.02. The van der Waals surface area contributed by atoms with Crippen LogP contribution in [0.5, 0.6) is 0 Å². The minimum absolute atomic E-state index is 0.110. The van der Waals surface area contributed by atoms with Crippen molar-refractivity contribution >= 4 is 29.0 Å². The van der Waals surface area contributed by atoms with Crippen LogP contribution in [0.2, 0.25) is 0 Å². The van der Waals surface area contributed by atoms with E-state index in [9.17, 15) is 9.59 Å². The molecule has 1 atom stereocenters. The van der Waals surface area contributed by atoms with Gasteiger partial charge in [-0.2, -0.15) is 0 Å². The molecule has 0 radical (unpaired) electrons. The predicted molar refractivity (Wildman–Crippen MR) is 80.3 cm³/mol. The molecule has 0 saturated heterocycles. The fourth-order valence-electron chi connectivity index (χ4n) is 1.68. The molecule has 0 spiro atoms. The highest BCUT2D eigenvalue weighted by Gasteiger charge is 2.19. The van der Waals surface area contributed by atoms with Crippen molar-refractivity contribution in [2.75, 3.05) is 20.6 Å². The number of hydrogen-bond acceptors (Lipinski definition) is 4. The van der Waals surface area contributed by atoms with Crippen molar-refractivity contribution in [2.24, 2.45) is 11.7 Å². The van der Waals surface area contributed by atoms with Gasteiger partial charge < -0.3 is 16.0 Å². The molecule has 1 rings (SSSR count). The van der Waals surface area contributed by atoms with Crippen molar-refractivity contribution in [1.29, 1.82) is 0 Å². The van der Waals surface area contributed by atoms with E-state index >= 15 is 0 Å². The minimum atomic E-state index is -0.287. The van der Waals surface area contributed by atoms with Crippen LogP contribution in [0, 0.1) is 5.92 Å². The second kappa shape index (κ2) is 6.95. The number of hydrogen-bond donors (Lipinski definition) is 2. The van der Waals surface area contributed by atoms with Gasteiger partial charge in [-0.25, -0.2) is 0 Å². The molecule has 7 heteroatoms. The first kappa shape index (κ1) is 16.0. The van der Waals surface area contributed by atoms with Crippen molar-refractivity contribution in [1.82, 2.24) is 15.2 Å². The van der Waals surface area contributed by atoms with Gasteiger partial charge in [0.15, 0.2) is 0 Å². The lowest BCUT2D eigenvalue weighted by atomic mass is 10.1. The lowest BCUT2D eigenvalue weighted by molar-refractivity contribution is -0.124. The number of carbonyl (C=O) groups excluding carboxylic acids is 2. The Kier molecular flexibility index (Phi) is 5.57. The predicted octanol–water partition coefficient (Wildman–Crippen LogP) is 0.170. The zero-order valence-electron chi connectivity index (χ0n) is 11.7. The average Bonchev–Trinajstić information content (AvgIpc) is 2.45. The van der Waals surface area contributed by atoms with Crippen LogP contribution >= 0.6 is 12.2 Å². The van der Waals surface area contributed by atoms with Crippen LogP contribution in [-0.2, 0) is 4.79 Å². The van der Waals surface area contributed by atoms with Crippen molar-refractivity contribution in [3.63, 3.8) is 0 Å². The summed E-state index contributed by atoms with van der Waals surface area (Å²) < 4.78 is 0. The Morgan fingerprint density at radius 2 is 2.15 bits per heavy atom. The number of aromatic nitrogens is 1. The van der Waals surface area contributed by atoms with Gasteiger partial charge in [-0.1, -0.05) is 19.1 Å². The number of amides is 2. The summed E-state index contributed by atoms with van der Waals surface area (Å²) in [7, 11) is 3.20. The molecule has 3 N–H and O–H groups in total. The summed E-state index contributed by atoms with van der Waals surface area (Å²) in [6, 6.07) is 3.22. The molecule has 0 fully saturated rings. The van der Waals surface area contributed by atoms with Gasteiger partial charge in [0.1, 0.15) is 10.7 Å². The van der Waals surface area contributed by atoms with Crippen LogP contribution < -0.4 is 11.1 Å². The summed E-state index contributed by atoms with van der Waals surface area (Å²) >= 11 is 4.82. The van der Waals surface area contributed by atoms with Crippen molar-refractivity contribution in [3.05, 3.63) is 29.6 Å². The number of nitrogens with two attached hydrogens (primary N) is 1. The summed E-state index contributed by atoms with van der Waals surface area (Å²) in [5, 5.41) is 2.55. The summed E-state index contributed by atoms with van der Waals surface area (Å²) in [4.78, 5) is 29.3. The number of nitrogens with zero attached hydrogens (tertiary/aromatic N) is 2. The van der Waals surface area contributed by atoms with E-state index in [2.05, 4.69) is 10.3 Å². The number of thiocarbonyl (C=S) groups is 1. The van der Waals surface area contributed by atoms with E-state index in [1.807, 2.05) is 0 Å². The molecule has 1 unspecified atom stereocenters. The molecule has 0 saturated carbocycles. The summed E-state index contributed by atoms with van der Waals surface area (Å²) in [6.07, 6.45) is 1.46. The van der Waals surface area contributed by atoms with Gasteiger partial charge in [-0.15, -0.1) is 0 Å². The Bertz CT molecular complexity index is 516. The van der Waals surface area contributed by atoms with Crippen LogP contribution in [0.25, 0.3) is 0 Å². The number of nitrogens with one attached hydrogen (secondary N) is 1. The maximum absolute atomic E-state index is 12.1. The second-order valence-electron chi connectivity index (χ2n) is 4.50. The Morgan fingerprint density at radius 3 is 2.60 bits per heavy atom. The lowest BCUT2D eigenvalue weighted by Crippen LogP contribution is -2.37. The highest BCUT2D eigenvalue weighted by atomic mass is 32.1. The van der Waals surface area contributed by atoms with Gasteiger partial charge in [0.2, 0.25) is 5.91 Å². The third-order valence-electron chi connectivity index (χ3n) is 2.86. The van der Waals surface area contributed by atoms with Crippen molar-refractivity contribution < 1.29 is 9.59 Å². The molecule has 0 bridgehead atoms. The molecule has 0 aliphatic carbocycles. The van der Waals surface area contributed by atoms with E-state index in [0.29, 0.717) is 12.1 Å². The molecule has 2 amide bonds. The monoisotopic (exact) mass is 294 g/mol. The molecule has 0 aromatic carbocycles. The highest BCUT2D eigenvalue weighted by molar-refractivity contribution is 7.80. The molecule has 1 aromatic rings. The van der Waals surface area contributed by atoms with Gasteiger partial charge in [-0.05, 0) is 12.1 Å². The SMILES string of the molecule is CNC(=O)C(C)CN(C)C(=O)c1ccc(C(N)=S)cn1. The number of pyridine rings is 1. The largest absolute Gasteiger partial charge is 0.389 e. The van der Waals surface area contributed by atoms with Crippen LogP contribution in [0.1, 0.15) is 23.0 Å². The van der Waals surface area contributed by atoms with Gasteiger partial charge in [-0.3, -0.25) is 14.6 Å². The van der Waals surface area contributed by atoms with Gasteiger partial charge >= 0.3 is 0 Å². The normalized spacial score (nSPS) is 11.6. The van der Waals surface area contributed by atoms with Gasteiger partial charge in [0.25, 0.3) is 5.91 Å². The third-order valence-corrected chi connectivity index (χ3v) is 3.09. The fraction of sp³-hybridized carbons (Fsp3) is 0.385. The summed E-state index contributed by atoms with van der Waals surface area (Å²) in [6.45, 7) is 2.07. The Morgan fingerprint density at radius 1 is 1.50 bits per heavy atom. The first-order chi connectivity index (χ1) is 9.36. The fourth-order valence-corrected chi connectivity index (χ4v) is 1.81. The van der Waals surface area contributed by atoms with E-state index < -0.39 is 0 Å². The molecule has 20 heavy (non-hydrogen) atoms. The van der Waals surface area contributed by atoms with Gasteiger partial charge in [0, 0.05) is 32.4 Å². The first-order valence-corrected chi connectivity index (χ1v) is 6.50. The maximum Gasteiger partial charge on any atom is 0.272 e. The van der Waals surface area contributed by atoms with E-state index in [4.69, 9.17) is 18.0 Å². The lowest BCUT2D eigenvalue weighted by Gasteiger charge is -2.20. The minimum Gasteiger partial charge on any atom is -0.389 e. The number of rotatable bonds is 5. The summed E-state index contributed by atoms with van der Waals surface area (Å²) in [5.74, 6) is -0.651. The Labute approximate surface area is 123 Å². The van der Waals surface area contributed by atoms with E-state index in [1.54, 1.807) is 33.2 Å². The van der Waals surface area contributed by atoms with Crippen LogP contribution in [0.3, 0.4) is 0 Å². The molecule has 0 aliphatic heterocycles. The average molecular weight is 294 g/mol. The van der Waals surface area contributed by atoms with Gasteiger partial charge in [0.05, 0.1) is 5.92 Å². The number of carbonyl (C=O) groups is 2. The van der Waals surface area contributed by atoms with Crippen molar-refractivity contribution in [3.8, 4) is 0 Å².